The fourth-order valence-corrected chi connectivity index (χ4v) is 9.25. The van der Waals surface area contributed by atoms with E-state index in [1.165, 1.54) is 37.0 Å². The zero-order chi connectivity index (χ0) is 53.9. The van der Waals surface area contributed by atoms with Gasteiger partial charge in [0.25, 0.3) is 29.5 Å². The highest BCUT2D eigenvalue weighted by Gasteiger charge is 2.33. The standard InChI is InChI=1S/C54H56N12O10/c1-61-26-32(31-12-14-33(15-13-31)56-48(67)11-9-17-76-47-24-40-39(23-46(47)74-6)53(72)66-16-8-10-38(66)25-55-40)18-41(61)49(68)57-34-19-42(62(2)27-34)50(69)58-35-20-43(63(3)28-35)51(70)59-36-21-44(64(4)29-36)52(71)60-37-22-45(54(73)75-7)65(5)30-37/h12-15,18-30,38H,8-11,16-17H2,1-7H3,(H,56,67)(H,57,68)(H,58,69)(H,59,70)(H,60,71)/t38-/m0/s1. The highest BCUT2D eigenvalue weighted by molar-refractivity contribution is 6.10. The average molecular weight is 1030 g/mol. The van der Waals surface area contributed by atoms with Crippen molar-refractivity contribution in [2.24, 2.45) is 40.2 Å². The summed E-state index contributed by atoms with van der Waals surface area (Å²) in [5, 5.41) is 14.1. The van der Waals surface area contributed by atoms with Gasteiger partial charge in [0.05, 0.1) is 60.9 Å². The number of hydrogen-bond acceptors (Lipinski definition) is 11. The van der Waals surface area contributed by atoms with Gasteiger partial charge in [-0.1, -0.05) is 12.1 Å². The van der Waals surface area contributed by atoms with Crippen LogP contribution >= 0.6 is 0 Å². The van der Waals surface area contributed by atoms with Crippen LogP contribution in [0.3, 0.4) is 0 Å². The van der Waals surface area contributed by atoms with Crippen LogP contribution in [-0.4, -0.2) is 109 Å². The van der Waals surface area contributed by atoms with Gasteiger partial charge in [-0.3, -0.25) is 33.8 Å². The monoisotopic (exact) mass is 1030 g/mol. The second-order valence-electron chi connectivity index (χ2n) is 18.5. The van der Waals surface area contributed by atoms with Crippen molar-refractivity contribution in [3.8, 4) is 22.6 Å². The number of aliphatic imine (C=N–C) groups is 1. The van der Waals surface area contributed by atoms with Crippen LogP contribution in [0.5, 0.6) is 11.5 Å². The minimum atomic E-state index is -0.549. The summed E-state index contributed by atoms with van der Waals surface area (Å²) >= 11 is 0. The van der Waals surface area contributed by atoms with Crippen LogP contribution in [0, 0.1) is 0 Å². The van der Waals surface area contributed by atoms with Crippen LogP contribution in [-0.2, 0) is 44.8 Å². The lowest BCUT2D eigenvalue weighted by Gasteiger charge is -2.20. The molecule has 76 heavy (non-hydrogen) atoms. The Kier molecular flexibility index (Phi) is 14.5. The molecule has 5 aromatic heterocycles. The summed E-state index contributed by atoms with van der Waals surface area (Å²) in [4.78, 5) is 98.1. The predicted octanol–water partition coefficient (Wildman–Crippen LogP) is 6.97. The number of nitrogens with zero attached hydrogens (tertiary/aromatic N) is 7. The van der Waals surface area contributed by atoms with Crippen molar-refractivity contribution in [1.82, 2.24) is 27.7 Å². The Labute approximate surface area is 436 Å². The molecule has 22 heteroatoms. The number of carbonyl (C=O) groups is 7. The molecule has 2 aliphatic heterocycles. The van der Waals surface area contributed by atoms with Crippen LogP contribution in [0.2, 0.25) is 0 Å². The highest BCUT2D eigenvalue weighted by atomic mass is 16.5. The number of aryl methyl sites for hydroxylation is 5. The summed E-state index contributed by atoms with van der Waals surface area (Å²) in [7, 11) is 11.2. The van der Waals surface area contributed by atoms with Crippen LogP contribution in [0.4, 0.5) is 34.1 Å². The van der Waals surface area contributed by atoms with Gasteiger partial charge in [-0.2, -0.15) is 0 Å². The van der Waals surface area contributed by atoms with E-state index in [1.807, 2.05) is 29.4 Å². The number of benzene rings is 2. The van der Waals surface area contributed by atoms with Crippen LogP contribution in [0.1, 0.15) is 88.5 Å². The molecule has 1 fully saturated rings. The Morgan fingerprint density at radius 3 is 1.61 bits per heavy atom. The van der Waals surface area contributed by atoms with Gasteiger partial charge in [0.15, 0.2) is 11.5 Å². The molecule has 5 N–H and O–H groups in total. The number of aromatic nitrogens is 5. The van der Waals surface area contributed by atoms with E-state index in [9.17, 15) is 33.6 Å². The van der Waals surface area contributed by atoms with Gasteiger partial charge in [0, 0.05) is 103 Å². The van der Waals surface area contributed by atoms with E-state index in [-0.39, 0.29) is 53.7 Å². The number of amides is 6. The normalized spacial score (nSPS) is 13.6. The number of rotatable bonds is 17. The third-order valence-electron chi connectivity index (χ3n) is 13.1. The lowest BCUT2D eigenvalue weighted by Crippen LogP contribution is -2.35. The van der Waals surface area contributed by atoms with E-state index in [1.54, 1.807) is 115 Å². The summed E-state index contributed by atoms with van der Waals surface area (Å²) in [5.74, 6) is -1.79. The average Bonchev–Trinajstić information content (AvgIpc) is 4.27. The topological polar surface area (TPSA) is 248 Å². The van der Waals surface area contributed by atoms with Crippen molar-refractivity contribution >= 4 is 81.8 Å². The zero-order valence-corrected chi connectivity index (χ0v) is 42.8. The summed E-state index contributed by atoms with van der Waals surface area (Å²) in [6.45, 7) is 0.936. The van der Waals surface area contributed by atoms with Crippen molar-refractivity contribution in [2.75, 3.05) is 54.0 Å². The van der Waals surface area contributed by atoms with Crippen molar-refractivity contribution in [3.05, 3.63) is 132 Å². The Morgan fingerprint density at radius 2 is 1.08 bits per heavy atom. The molecule has 1 saturated heterocycles. The van der Waals surface area contributed by atoms with Gasteiger partial charge in [-0.05, 0) is 73.4 Å². The first-order valence-corrected chi connectivity index (χ1v) is 24.2. The van der Waals surface area contributed by atoms with Crippen LogP contribution in [0.25, 0.3) is 11.1 Å². The Bertz CT molecular complexity index is 3480. The number of methoxy groups -OCH3 is 2. The number of esters is 1. The van der Waals surface area contributed by atoms with Gasteiger partial charge in [-0.25, -0.2) is 4.79 Å². The smallest absolute Gasteiger partial charge is 0.354 e. The van der Waals surface area contributed by atoms with E-state index in [0.29, 0.717) is 69.8 Å². The van der Waals surface area contributed by atoms with Gasteiger partial charge < -0.3 is 68.5 Å². The molecule has 392 valence electrons. The quantitative estimate of drug-likeness (QED) is 0.0463. The zero-order valence-electron chi connectivity index (χ0n) is 42.8. The fourth-order valence-electron chi connectivity index (χ4n) is 9.25. The lowest BCUT2D eigenvalue weighted by molar-refractivity contribution is -0.116. The van der Waals surface area contributed by atoms with Gasteiger partial charge in [-0.15, -0.1) is 0 Å². The number of fused-ring (bicyclic) bond motifs is 2. The van der Waals surface area contributed by atoms with E-state index in [2.05, 4.69) is 31.6 Å². The lowest BCUT2D eigenvalue weighted by atomic mass is 10.1. The number of nitrogens with one attached hydrogen (secondary N) is 5. The maximum Gasteiger partial charge on any atom is 0.354 e. The largest absolute Gasteiger partial charge is 0.493 e. The molecule has 0 unspecified atom stereocenters. The molecular formula is C54H56N12O10. The maximum absolute atomic E-state index is 13.6. The first-order valence-electron chi connectivity index (χ1n) is 24.2. The number of ether oxygens (including phenoxy) is 3. The second-order valence-corrected chi connectivity index (χ2v) is 18.5. The molecule has 6 amide bonds. The molecule has 0 aliphatic carbocycles. The fraction of sp³-hybridized carbons (Fsp3) is 0.259. The number of hydrogen-bond donors (Lipinski definition) is 5. The first kappa shape index (κ1) is 51.3. The van der Waals surface area contributed by atoms with E-state index in [4.69, 9.17) is 14.2 Å². The van der Waals surface area contributed by atoms with E-state index < -0.39 is 29.6 Å². The molecule has 2 aliphatic rings. The minimum absolute atomic E-state index is 0.0103. The molecule has 0 bridgehead atoms. The Morgan fingerprint density at radius 1 is 0.579 bits per heavy atom. The molecule has 7 aromatic rings. The third kappa shape index (κ3) is 10.9. The molecule has 1 atom stereocenters. The third-order valence-corrected chi connectivity index (χ3v) is 13.1. The Balaban J connectivity index is 0.745. The predicted molar refractivity (Wildman–Crippen MR) is 284 cm³/mol. The van der Waals surface area contributed by atoms with E-state index in [0.717, 1.165) is 24.0 Å². The second kappa shape index (κ2) is 21.5. The van der Waals surface area contributed by atoms with Crippen LogP contribution in [0.15, 0.2) is 103 Å². The molecule has 0 saturated carbocycles. The molecule has 7 heterocycles. The molecule has 0 spiro atoms. The molecule has 0 radical (unpaired) electrons. The summed E-state index contributed by atoms with van der Waals surface area (Å²) in [6.07, 6.45) is 12.5. The maximum atomic E-state index is 13.6. The SMILES string of the molecule is COC(=O)c1cc(NC(=O)c2cc(NC(=O)c3cc(NC(=O)c4cc(NC(=O)c5cc(-c6ccc(NC(=O)CCCOc7cc8c(cc7OC)C(=O)N7CCC[C@H]7C=N8)cc6)cn5C)cn4C)cn3C)cn2C)cn1C. The van der Waals surface area contributed by atoms with E-state index >= 15 is 0 Å². The van der Waals surface area contributed by atoms with Crippen molar-refractivity contribution in [1.29, 1.82) is 0 Å². The summed E-state index contributed by atoms with van der Waals surface area (Å²) in [6, 6.07) is 18.5. The van der Waals surface area contributed by atoms with Gasteiger partial charge in [0.1, 0.15) is 28.5 Å². The number of anilines is 5. The molecule has 22 nitrogen and oxygen atoms in total. The van der Waals surface area contributed by atoms with Crippen LogP contribution < -0.4 is 36.1 Å². The first-order chi connectivity index (χ1) is 36.5. The summed E-state index contributed by atoms with van der Waals surface area (Å²) < 4.78 is 24.2. The van der Waals surface area contributed by atoms with Crippen molar-refractivity contribution < 1.29 is 47.8 Å². The van der Waals surface area contributed by atoms with Gasteiger partial charge in [0.2, 0.25) is 5.91 Å². The summed E-state index contributed by atoms with van der Waals surface area (Å²) in [5.41, 5.74) is 5.98. The Hall–Kier alpha value is -9.60. The highest BCUT2D eigenvalue weighted by Crippen LogP contribution is 2.38. The van der Waals surface area contributed by atoms with Crippen molar-refractivity contribution in [3.63, 3.8) is 0 Å². The molecular weight excluding hydrogens is 977 g/mol. The van der Waals surface area contributed by atoms with Crippen molar-refractivity contribution in [2.45, 2.75) is 31.7 Å². The number of carbonyl (C=O) groups excluding carboxylic acids is 7. The minimum Gasteiger partial charge on any atom is -0.493 e. The molecule has 2 aromatic carbocycles. The molecule has 9 rings (SSSR count). The van der Waals surface area contributed by atoms with Gasteiger partial charge >= 0.3 is 5.97 Å².